The standard InChI is InChI=1S/C20H19I/c21-20-15-14-17-11-5-7-12-18(17)19(20)13-6-4-10-16-8-2-1-3-9-16/h1-3,5,7-9,11-12,19-20H,4,10,14-15H2. The van der Waals surface area contributed by atoms with E-state index in [2.05, 4.69) is 89.0 Å². The lowest BCUT2D eigenvalue weighted by Gasteiger charge is -2.26. The van der Waals surface area contributed by atoms with E-state index in [4.69, 9.17) is 0 Å². The van der Waals surface area contributed by atoms with E-state index in [1.54, 1.807) is 0 Å². The molecule has 0 saturated carbocycles. The molecule has 2 atom stereocenters. The molecule has 3 rings (SSSR count). The third-order valence-corrected chi connectivity index (χ3v) is 5.42. The highest BCUT2D eigenvalue weighted by Gasteiger charge is 2.25. The van der Waals surface area contributed by atoms with Crippen molar-refractivity contribution in [2.24, 2.45) is 0 Å². The number of benzene rings is 2. The fourth-order valence-corrected chi connectivity index (χ4v) is 3.80. The Labute approximate surface area is 141 Å². The Morgan fingerprint density at radius 3 is 2.62 bits per heavy atom. The Morgan fingerprint density at radius 1 is 1.00 bits per heavy atom. The maximum Gasteiger partial charge on any atom is 0.0572 e. The number of hydrogen-bond acceptors (Lipinski definition) is 0. The Bertz CT molecular complexity index is 648. The topological polar surface area (TPSA) is 0 Å². The van der Waals surface area contributed by atoms with Gasteiger partial charge in [-0.2, -0.15) is 0 Å². The number of fused-ring (bicyclic) bond motifs is 1. The van der Waals surface area contributed by atoms with E-state index in [9.17, 15) is 0 Å². The van der Waals surface area contributed by atoms with Crippen LogP contribution in [0.4, 0.5) is 0 Å². The summed E-state index contributed by atoms with van der Waals surface area (Å²) < 4.78 is 0.640. The molecule has 2 aromatic rings. The summed E-state index contributed by atoms with van der Waals surface area (Å²) in [5.41, 5.74) is 4.32. The first kappa shape index (κ1) is 14.7. The van der Waals surface area contributed by atoms with Crippen molar-refractivity contribution < 1.29 is 0 Å². The Morgan fingerprint density at radius 2 is 1.76 bits per heavy atom. The van der Waals surface area contributed by atoms with E-state index in [0.717, 1.165) is 12.8 Å². The Hall–Kier alpha value is -1.27. The zero-order valence-corrected chi connectivity index (χ0v) is 14.2. The average molecular weight is 386 g/mol. The predicted molar refractivity (Wildman–Crippen MR) is 97.9 cm³/mol. The molecule has 0 bridgehead atoms. The normalized spacial score (nSPS) is 20.2. The van der Waals surface area contributed by atoms with Crippen molar-refractivity contribution in [2.45, 2.75) is 35.5 Å². The maximum atomic E-state index is 3.54. The molecule has 106 valence electrons. The Kier molecular flexibility index (Phi) is 4.98. The SMILES string of the molecule is IC1CCc2ccccc2C1C#CCCc1ccccc1. The summed E-state index contributed by atoms with van der Waals surface area (Å²) in [4.78, 5) is 0. The third kappa shape index (κ3) is 3.68. The molecular weight excluding hydrogens is 367 g/mol. The lowest BCUT2D eigenvalue weighted by Crippen LogP contribution is -2.19. The molecule has 0 radical (unpaired) electrons. The highest BCUT2D eigenvalue weighted by Crippen LogP contribution is 2.35. The van der Waals surface area contributed by atoms with E-state index < -0.39 is 0 Å². The summed E-state index contributed by atoms with van der Waals surface area (Å²) in [5.74, 6) is 7.37. The van der Waals surface area contributed by atoms with Crippen molar-refractivity contribution in [3.8, 4) is 11.8 Å². The zero-order valence-electron chi connectivity index (χ0n) is 12.1. The van der Waals surface area contributed by atoms with E-state index in [1.807, 2.05) is 0 Å². The molecule has 1 heteroatoms. The number of aryl methyl sites for hydroxylation is 2. The molecule has 0 heterocycles. The van der Waals surface area contributed by atoms with Gasteiger partial charge in [-0.25, -0.2) is 0 Å². The number of rotatable bonds is 2. The van der Waals surface area contributed by atoms with Crippen molar-refractivity contribution in [3.63, 3.8) is 0 Å². The van der Waals surface area contributed by atoms with Crippen LogP contribution >= 0.6 is 22.6 Å². The minimum Gasteiger partial charge on any atom is -0.102 e. The molecule has 0 amide bonds. The highest BCUT2D eigenvalue weighted by molar-refractivity contribution is 14.1. The molecule has 21 heavy (non-hydrogen) atoms. The van der Waals surface area contributed by atoms with E-state index in [-0.39, 0.29) is 0 Å². The summed E-state index contributed by atoms with van der Waals surface area (Å²) in [6.07, 6.45) is 4.45. The molecule has 1 aliphatic carbocycles. The smallest absolute Gasteiger partial charge is 0.0572 e. The lowest BCUT2D eigenvalue weighted by molar-refractivity contribution is 0.678. The predicted octanol–water partition coefficient (Wildman–Crippen LogP) is 5.16. The second kappa shape index (κ2) is 7.13. The molecule has 2 aromatic carbocycles. The van der Waals surface area contributed by atoms with Crippen LogP contribution in [0.25, 0.3) is 0 Å². The van der Waals surface area contributed by atoms with Crippen LogP contribution in [0.5, 0.6) is 0 Å². The minimum atomic E-state index is 0.409. The van der Waals surface area contributed by atoms with Crippen LogP contribution in [0.1, 0.15) is 35.4 Å². The van der Waals surface area contributed by atoms with Crippen molar-refractivity contribution in [1.82, 2.24) is 0 Å². The lowest BCUT2D eigenvalue weighted by atomic mass is 9.83. The summed E-state index contributed by atoms with van der Waals surface area (Å²) in [5, 5.41) is 0. The van der Waals surface area contributed by atoms with Gasteiger partial charge in [-0.05, 0) is 36.0 Å². The molecule has 0 aliphatic heterocycles. The van der Waals surface area contributed by atoms with Crippen LogP contribution in [-0.2, 0) is 12.8 Å². The molecule has 0 fully saturated rings. The number of halogens is 1. The monoisotopic (exact) mass is 386 g/mol. The van der Waals surface area contributed by atoms with E-state index >= 15 is 0 Å². The first-order valence-corrected chi connectivity index (χ1v) is 8.83. The average Bonchev–Trinajstić information content (AvgIpc) is 2.54. The van der Waals surface area contributed by atoms with Gasteiger partial charge in [-0.3, -0.25) is 0 Å². The van der Waals surface area contributed by atoms with E-state index in [0.29, 0.717) is 9.84 Å². The second-order valence-corrected chi connectivity index (χ2v) is 7.14. The minimum absolute atomic E-state index is 0.409. The summed E-state index contributed by atoms with van der Waals surface area (Å²) in [7, 11) is 0. The zero-order chi connectivity index (χ0) is 14.5. The van der Waals surface area contributed by atoms with Crippen LogP contribution in [0.15, 0.2) is 54.6 Å². The molecule has 0 saturated heterocycles. The first-order valence-electron chi connectivity index (χ1n) is 7.59. The number of alkyl halides is 1. The molecule has 2 unspecified atom stereocenters. The molecule has 0 aromatic heterocycles. The van der Waals surface area contributed by atoms with Crippen LogP contribution in [-0.4, -0.2) is 3.92 Å². The van der Waals surface area contributed by atoms with Gasteiger partial charge in [0.15, 0.2) is 0 Å². The van der Waals surface area contributed by atoms with Crippen molar-refractivity contribution in [1.29, 1.82) is 0 Å². The Balaban J connectivity index is 1.69. The second-order valence-electron chi connectivity index (χ2n) is 5.54. The number of hydrogen-bond donors (Lipinski definition) is 0. The fourth-order valence-electron chi connectivity index (χ4n) is 2.92. The largest absolute Gasteiger partial charge is 0.102 e. The van der Waals surface area contributed by atoms with Crippen molar-refractivity contribution >= 4 is 22.6 Å². The van der Waals surface area contributed by atoms with Gasteiger partial charge in [0.05, 0.1) is 5.92 Å². The van der Waals surface area contributed by atoms with Crippen LogP contribution < -0.4 is 0 Å². The van der Waals surface area contributed by atoms with Crippen LogP contribution in [0.3, 0.4) is 0 Å². The van der Waals surface area contributed by atoms with Gasteiger partial charge < -0.3 is 0 Å². The molecule has 1 aliphatic rings. The fraction of sp³-hybridized carbons (Fsp3) is 0.300. The van der Waals surface area contributed by atoms with Gasteiger partial charge in [0.25, 0.3) is 0 Å². The highest BCUT2D eigenvalue weighted by atomic mass is 127. The molecule has 0 N–H and O–H groups in total. The van der Waals surface area contributed by atoms with Gasteiger partial charge in [-0.15, -0.1) is 5.92 Å². The maximum absolute atomic E-state index is 3.54. The summed E-state index contributed by atoms with van der Waals surface area (Å²) in [6.45, 7) is 0. The first-order chi connectivity index (χ1) is 10.3. The van der Waals surface area contributed by atoms with Crippen molar-refractivity contribution in [2.75, 3.05) is 0 Å². The van der Waals surface area contributed by atoms with E-state index in [1.165, 1.54) is 29.5 Å². The van der Waals surface area contributed by atoms with Gasteiger partial charge in [-0.1, -0.05) is 83.1 Å². The molecule has 0 nitrogen and oxygen atoms in total. The summed E-state index contributed by atoms with van der Waals surface area (Å²) in [6, 6.07) is 19.4. The summed E-state index contributed by atoms with van der Waals surface area (Å²) >= 11 is 2.58. The van der Waals surface area contributed by atoms with Gasteiger partial charge in [0.2, 0.25) is 0 Å². The van der Waals surface area contributed by atoms with Crippen LogP contribution in [0, 0.1) is 11.8 Å². The molecular formula is C20H19I. The van der Waals surface area contributed by atoms with Gasteiger partial charge in [0, 0.05) is 10.3 Å². The van der Waals surface area contributed by atoms with Crippen LogP contribution in [0.2, 0.25) is 0 Å². The van der Waals surface area contributed by atoms with Crippen molar-refractivity contribution in [3.05, 3.63) is 71.3 Å². The molecule has 0 spiro atoms. The quantitative estimate of drug-likeness (QED) is 0.380. The van der Waals surface area contributed by atoms with Gasteiger partial charge >= 0.3 is 0 Å². The third-order valence-electron chi connectivity index (χ3n) is 4.08. The van der Waals surface area contributed by atoms with Gasteiger partial charge in [0.1, 0.15) is 0 Å².